The van der Waals surface area contributed by atoms with Crippen LogP contribution in [-0.2, 0) is 0 Å². The van der Waals surface area contributed by atoms with Gasteiger partial charge < -0.3 is 0 Å². The lowest BCUT2D eigenvalue weighted by Crippen LogP contribution is -2.45. The molecule has 128 valence electrons. The molecule has 0 aliphatic heterocycles. The lowest BCUT2D eigenvalue weighted by molar-refractivity contribution is -0.0429. The SMILES string of the molecule is CC1CCC(C2(C3CCC(C)C(C)C3)CCCCC2)CC1C. The number of hydrogen-bond acceptors (Lipinski definition) is 0. The summed E-state index contributed by atoms with van der Waals surface area (Å²) in [6.07, 6.45) is 16.9. The second kappa shape index (κ2) is 6.86. The van der Waals surface area contributed by atoms with Crippen molar-refractivity contribution in [3.63, 3.8) is 0 Å². The van der Waals surface area contributed by atoms with Gasteiger partial charge >= 0.3 is 0 Å². The molecular formula is C22H40. The van der Waals surface area contributed by atoms with E-state index in [2.05, 4.69) is 27.7 Å². The quantitative estimate of drug-likeness (QED) is 0.511. The van der Waals surface area contributed by atoms with E-state index in [1.807, 2.05) is 0 Å². The smallest absolute Gasteiger partial charge is 0.0241 e. The Morgan fingerprint density at radius 2 is 1.00 bits per heavy atom. The number of hydrogen-bond donors (Lipinski definition) is 0. The van der Waals surface area contributed by atoms with Crippen molar-refractivity contribution in [3.05, 3.63) is 0 Å². The molecule has 6 atom stereocenters. The fraction of sp³-hybridized carbons (Fsp3) is 1.00. The van der Waals surface area contributed by atoms with Gasteiger partial charge in [-0.05, 0) is 79.4 Å². The van der Waals surface area contributed by atoms with Crippen molar-refractivity contribution >= 4 is 0 Å². The van der Waals surface area contributed by atoms with Crippen LogP contribution in [0.15, 0.2) is 0 Å². The first-order chi connectivity index (χ1) is 10.5. The Balaban J connectivity index is 1.79. The van der Waals surface area contributed by atoms with Gasteiger partial charge in [0.15, 0.2) is 0 Å². The molecule has 6 unspecified atom stereocenters. The Bertz CT molecular complexity index is 323. The molecule has 0 heteroatoms. The summed E-state index contributed by atoms with van der Waals surface area (Å²) < 4.78 is 0. The minimum absolute atomic E-state index is 0.751. The van der Waals surface area contributed by atoms with Crippen molar-refractivity contribution in [2.45, 2.75) is 98.3 Å². The first kappa shape index (κ1) is 16.8. The van der Waals surface area contributed by atoms with Crippen molar-refractivity contribution < 1.29 is 0 Å². The van der Waals surface area contributed by atoms with E-state index in [0.717, 1.165) is 40.9 Å². The van der Waals surface area contributed by atoms with E-state index in [0.29, 0.717) is 0 Å². The van der Waals surface area contributed by atoms with Crippen LogP contribution in [0.2, 0.25) is 0 Å². The molecule has 3 saturated carbocycles. The molecule has 0 nitrogen and oxygen atoms in total. The normalized spacial score (nSPS) is 46.4. The molecule has 0 aromatic carbocycles. The van der Waals surface area contributed by atoms with Crippen LogP contribution in [-0.4, -0.2) is 0 Å². The highest BCUT2D eigenvalue weighted by molar-refractivity contribution is 4.98. The minimum atomic E-state index is 0.751. The molecule has 0 N–H and O–H groups in total. The van der Waals surface area contributed by atoms with Gasteiger partial charge in [0.25, 0.3) is 0 Å². The topological polar surface area (TPSA) is 0 Å². The Morgan fingerprint density at radius 1 is 0.545 bits per heavy atom. The van der Waals surface area contributed by atoms with Gasteiger partial charge in [-0.1, -0.05) is 59.8 Å². The van der Waals surface area contributed by atoms with Crippen LogP contribution in [0.25, 0.3) is 0 Å². The molecule has 3 rings (SSSR count). The maximum atomic E-state index is 2.54. The zero-order valence-corrected chi connectivity index (χ0v) is 15.7. The molecule has 0 radical (unpaired) electrons. The predicted octanol–water partition coefficient (Wildman–Crippen LogP) is 7.08. The largest absolute Gasteiger partial charge is 0.0623 e. The Kier molecular flexibility index (Phi) is 5.25. The lowest BCUT2D eigenvalue weighted by atomic mass is 9.51. The molecule has 3 aliphatic carbocycles. The minimum Gasteiger partial charge on any atom is -0.0623 e. The summed E-state index contributed by atoms with van der Waals surface area (Å²) in [5.74, 6) is 6.01. The maximum Gasteiger partial charge on any atom is -0.0241 e. The molecule has 0 spiro atoms. The van der Waals surface area contributed by atoms with E-state index < -0.39 is 0 Å². The van der Waals surface area contributed by atoms with Gasteiger partial charge in [0.2, 0.25) is 0 Å². The summed E-state index contributed by atoms with van der Waals surface area (Å²) >= 11 is 0. The second-order valence-electron chi connectivity index (χ2n) is 9.72. The van der Waals surface area contributed by atoms with Crippen LogP contribution in [0.5, 0.6) is 0 Å². The van der Waals surface area contributed by atoms with Crippen molar-refractivity contribution in [3.8, 4) is 0 Å². The molecule has 3 fully saturated rings. The van der Waals surface area contributed by atoms with Crippen molar-refractivity contribution in [1.82, 2.24) is 0 Å². The zero-order valence-electron chi connectivity index (χ0n) is 15.7. The molecule has 0 amide bonds. The third-order valence-corrected chi connectivity index (χ3v) is 8.61. The predicted molar refractivity (Wildman–Crippen MR) is 96.9 cm³/mol. The highest BCUT2D eigenvalue weighted by atomic mass is 14.5. The average Bonchev–Trinajstić information content (AvgIpc) is 2.53. The van der Waals surface area contributed by atoms with E-state index >= 15 is 0 Å². The molecule has 0 bridgehead atoms. The fourth-order valence-corrected chi connectivity index (χ4v) is 6.50. The first-order valence-corrected chi connectivity index (χ1v) is 10.5. The Hall–Kier alpha value is 0. The molecule has 22 heavy (non-hydrogen) atoms. The second-order valence-corrected chi connectivity index (χ2v) is 9.72. The summed E-state index contributed by atoms with van der Waals surface area (Å²) in [5, 5.41) is 0. The average molecular weight is 305 g/mol. The molecule has 0 heterocycles. The van der Waals surface area contributed by atoms with Crippen LogP contribution < -0.4 is 0 Å². The zero-order chi connectivity index (χ0) is 15.7. The maximum absolute atomic E-state index is 2.54. The van der Waals surface area contributed by atoms with Gasteiger partial charge in [-0.3, -0.25) is 0 Å². The third kappa shape index (κ3) is 3.13. The van der Waals surface area contributed by atoms with E-state index in [9.17, 15) is 0 Å². The standard InChI is InChI=1S/C22H40/c1-16-8-10-20(14-18(16)3)22(12-6-5-7-13-22)21-11-9-17(2)19(4)15-21/h16-21H,5-15H2,1-4H3. The van der Waals surface area contributed by atoms with Crippen molar-refractivity contribution in [2.75, 3.05) is 0 Å². The summed E-state index contributed by atoms with van der Waals surface area (Å²) in [6, 6.07) is 0. The van der Waals surface area contributed by atoms with E-state index in [4.69, 9.17) is 0 Å². The van der Waals surface area contributed by atoms with Gasteiger partial charge in [0.1, 0.15) is 0 Å². The van der Waals surface area contributed by atoms with Gasteiger partial charge in [0, 0.05) is 0 Å². The molecule has 3 aliphatic rings. The first-order valence-electron chi connectivity index (χ1n) is 10.5. The molecule has 0 saturated heterocycles. The van der Waals surface area contributed by atoms with Gasteiger partial charge in [-0.25, -0.2) is 0 Å². The Labute approximate surface area is 139 Å². The van der Waals surface area contributed by atoms with Crippen molar-refractivity contribution in [1.29, 1.82) is 0 Å². The summed E-state index contributed by atoms with van der Waals surface area (Å²) in [7, 11) is 0. The van der Waals surface area contributed by atoms with Crippen LogP contribution in [0, 0.1) is 40.9 Å². The lowest BCUT2D eigenvalue weighted by Gasteiger charge is -2.54. The monoisotopic (exact) mass is 304 g/mol. The fourth-order valence-electron chi connectivity index (χ4n) is 6.50. The van der Waals surface area contributed by atoms with Crippen LogP contribution in [0.4, 0.5) is 0 Å². The van der Waals surface area contributed by atoms with Crippen LogP contribution in [0.3, 0.4) is 0 Å². The third-order valence-electron chi connectivity index (χ3n) is 8.61. The van der Waals surface area contributed by atoms with Crippen LogP contribution >= 0.6 is 0 Å². The molecule has 0 aromatic heterocycles. The van der Waals surface area contributed by atoms with Gasteiger partial charge in [-0.15, -0.1) is 0 Å². The van der Waals surface area contributed by atoms with Crippen molar-refractivity contribution in [2.24, 2.45) is 40.9 Å². The summed E-state index contributed by atoms with van der Waals surface area (Å²) in [4.78, 5) is 0. The highest BCUT2D eigenvalue weighted by Gasteiger charge is 2.48. The molecule has 0 aromatic rings. The van der Waals surface area contributed by atoms with Gasteiger partial charge in [0.05, 0.1) is 0 Å². The summed E-state index contributed by atoms with van der Waals surface area (Å²) in [6.45, 7) is 10.1. The van der Waals surface area contributed by atoms with E-state index in [1.165, 1.54) is 32.1 Å². The number of rotatable bonds is 2. The van der Waals surface area contributed by atoms with Crippen LogP contribution in [0.1, 0.15) is 98.3 Å². The molecular weight excluding hydrogens is 264 g/mol. The van der Waals surface area contributed by atoms with Gasteiger partial charge in [-0.2, -0.15) is 0 Å². The Morgan fingerprint density at radius 3 is 1.41 bits per heavy atom. The summed E-state index contributed by atoms with van der Waals surface area (Å²) in [5.41, 5.74) is 0.751. The van der Waals surface area contributed by atoms with E-state index in [-0.39, 0.29) is 0 Å². The van der Waals surface area contributed by atoms with E-state index in [1.54, 1.807) is 38.5 Å². The highest BCUT2D eigenvalue weighted by Crippen LogP contribution is 2.58.